The van der Waals surface area contributed by atoms with E-state index in [2.05, 4.69) is 0 Å². The van der Waals surface area contributed by atoms with Crippen LogP contribution in [-0.4, -0.2) is 38.1 Å². The summed E-state index contributed by atoms with van der Waals surface area (Å²) < 4.78 is 4.88. The molecule has 3 heteroatoms. The summed E-state index contributed by atoms with van der Waals surface area (Å²) in [6.07, 6.45) is 2.04. The summed E-state index contributed by atoms with van der Waals surface area (Å²) in [7, 11) is 3.50. The highest BCUT2D eigenvalue weighted by Crippen LogP contribution is 1.92. The number of nitrogens with zero attached hydrogens (tertiary/aromatic N) is 1. The minimum atomic E-state index is 0.127. The van der Waals surface area contributed by atoms with Crippen LogP contribution in [-0.2, 0) is 9.53 Å². The molecular weight excluding hydrogens is 142 g/mol. The first-order chi connectivity index (χ1) is 5.18. The van der Waals surface area contributed by atoms with E-state index in [0.29, 0.717) is 0 Å². The van der Waals surface area contributed by atoms with E-state index in [1.54, 1.807) is 18.9 Å². The highest BCUT2D eigenvalue weighted by atomic mass is 16.5. The quantitative estimate of drug-likeness (QED) is 0.557. The molecule has 0 aromatic carbocycles. The van der Waals surface area contributed by atoms with Crippen molar-refractivity contribution in [2.75, 3.05) is 27.3 Å². The van der Waals surface area contributed by atoms with Gasteiger partial charge in [0.15, 0.2) is 0 Å². The molecule has 0 fully saturated rings. The molecule has 0 aromatic rings. The van der Waals surface area contributed by atoms with E-state index in [1.807, 2.05) is 7.05 Å². The molecule has 0 radical (unpaired) electrons. The van der Waals surface area contributed by atoms with E-state index in [1.165, 1.54) is 0 Å². The molecule has 0 saturated carbocycles. The van der Waals surface area contributed by atoms with Gasteiger partial charge in [0.1, 0.15) is 0 Å². The Morgan fingerprint density at radius 2 is 2.09 bits per heavy atom. The summed E-state index contributed by atoms with van der Waals surface area (Å²) in [5.74, 6) is 0.127. The van der Waals surface area contributed by atoms with Gasteiger partial charge in [-0.1, -0.05) is 0 Å². The van der Waals surface area contributed by atoms with Crippen molar-refractivity contribution in [1.82, 2.24) is 4.90 Å². The summed E-state index contributed by atoms with van der Waals surface area (Å²) in [6, 6.07) is 0. The molecule has 0 aliphatic heterocycles. The third-order valence-corrected chi connectivity index (χ3v) is 1.63. The molecule has 0 rings (SSSR count). The van der Waals surface area contributed by atoms with Gasteiger partial charge in [-0.05, 0) is 12.8 Å². The van der Waals surface area contributed by atoms with E-state index < -0.39 is 0 Å². The highest BCUT2D eigenvalue weighted by molar-refractivity contribution is 5.72. The maximum absolute atomic E-state index is 10.7. The summed E-state index contributed by atoms with van der Waals surface area (Å²) in [4.78, 5) is 12.4. The molecule has 0 spiro atoms. The lowest BCUT2D eigenvalue weighted by molar-refractivity contribution is -0.127. The Labute approximate surface area is 68.3 Å². The van der Waals surface area contributed by atoms with Crippen molar-refractivity contribution in [3.63, 3.8) is 0 Å². The number of methoxy groups -OCH3 is 1. The first kappa shape index (κ1) is 10.4. The first-order valence-electron chi connectivity index (χ1n) is 3.89. The average Bonchev–Trinajstić information content (AvgIpc) is 1.97. The van der Waals surface area contributed by atoms with Crippen molar-refractivity contribution in [2.45, 2.75) is 19.8 Å². The maximum Gasteiger partial charge on any atom is 0.219 e. The zero-order chi connectivity index (χ0) is 8.69. The summed E-state index contributed by atoms with van der Waals surface area (Å²) >= 11 is 0. The van der Waals surface area contributed by atoms with Crippen LogP contribution in [0, 0.1) is 0 Å². The number of amides is 1. The number of carbonyl (C=O) groups is 1. The van der Waals surface area contributed by atoms with Gasteiger partial charge < -0.3 is 9.64 Å². The standard InChI is InChI=1S/C8H17NO2/c1-8(10)9(2)6-4-5-7-11-3/h4-7H2,1-3H3. The van der Waals surface area contributed by atoms with Crippen LogP contribution < -0.4 is 0 Å². The Hall–Kier alpha value is -0.570. The van der Waals surface area contributed by atoms with Crippen molar-refractivity contribution in [2.24, 2.45) is 0 Å². The van der Waals surface area contributed by atoms with E-state index in [4.69, 9.17) is 4.74 Å². The predicted molar refractivity (Wildman–Crippen MR) is 44.4 cm³/mol. The van der Waals surface area contributed by atoms with Crippen LogP contribution in [0.25, 0.3) is 0 Å². The Kier molecular flexibility index (Phi) is 5.84. The summed E-state index contributed by atoms with van der Waals surface area (Å²) in [5, 5.41) is 0. The molecule has 0 N–H and O–H groups in total. The predicted octanol–water partition coefficient (Wildman–Crippen LogP) is 0.891. The molecule has 3 nitrogen and oxygen atoms in total. The number of hydrogen-bond donors (Lipinski definition) is 0. The van der Waals surface area contributed by atoms with Gasteiger partial charge in [-0.15, -0.1) is 0 Å². The SMILES string of the molecule is COCCCCN(C)C(C)=O. The lowest BCUT2D eigenvalue weighted by Gasteiger charge is -2.13. The zero-order valence-electron chi connectivity index (χ0n) is 7.59. The number of ether oxygens (including phenoxy) is 1. The van der Waals surface area contributed by atoms with Crippen molar-refractivity contribution >= 4 is 5.91 Å². The number of hydrogen-bond acceptors (Lipinski definition) is 2. The Morgan fingerprint density at radius 3 is 2.55 bits per heavy atom. The highest BCUT2D eigenvalue weighted by Gasteiger charge is 1.99. The molecule has 11 heavy (non-hydrogen) atoms. The van der Waals surface area contributed by atoms with E-state index in [9.17, 15) is 4.79 Å². The third-order valence-electron chi connectivity index (χ3n) is 1.63. The monoisotopic (exact) mass is 159 g/mol. The molecule has 0 saturated heterocycles. The minimum Gasteiger partial charge on any atom is -0.385 e. The van der Waals surface area contributed by atoms with E-state index in [0.717, 1.165) is 26.0 Å². The Morgan fingerprint density at radius 1 is 1.45 bits per heavy atom. The number of unbranched alkanes of at least 4 members (excludes halogenated alkanes) is 1. The van der Waals surface area contributed by atoms with Crippen molar-refractivity contribution in [1.29, 1.82) is 0 Å². The topological polar surface area (TPSA) is 29.5 Å². The minimum absolute atomic E-state index is 0.127. The van der Waals surface area contributed by atoms with E-state index >= 15 is 0 Å². The number of rotatable bonds is 5. The molecule has 0 aliphatic carbocycles. The van der Waals surface area contributed by atoms with Gasteiger partial charge >= 0.3 is 0 Å². The Bertz CT molecular complexity index is 115. The zero-order valence-corrected chi connectivity index (χ0v) is 7.59. The summed E-state index contributed by atoms with van der Waals surface area (Å²) in [6.45, 7) is 3.20. The van der Waals surface area contributed by atoms with Gasteiger partial charge in [0, 0.05) is 34.2 Å². The van der Waals surface area contributed by atoms with E-state index in [-0.39, 0.29) is 5.91 Å². The second-order valence-corrected chi connectivity index (χ2v) is 2.64. The fourth-order valence-corrected chi connectivity index (χ4v) is 0.753. The van der Waals surface area contributed by atoms with Crippen LogP contribution in [0.4, 0.5) is 0 Å². The molecule has 0 atom stereocenters. The first-order valence-corrected chi connectivity index (χ1v) is 3.89. The average molecular weight is 159 g/mol. The van der Waals surface area contributed by atoms with Crippen molar-refractivity contribution < 1.29 is 9.53 Å². The van der Waals surface area contributed by atoms with Gasteiger partial charge in [-0.3, -0.25) is 4.79 Å². The molecule has 66 valence electrons. The second-order valence-electron chi connectivity index (χ2n) is 2.64. The number of carbonyl (C=O) groups excluding carboxylic acids is 1. The largest absolute Gasteiger partial charge is 0.385 e. The third kappa shape index (κ3) is 5.85. The van der Waals surface area contributed by atoms with Crippen molar-refractivity contribution in [3.05, 3.63) is 0 Å². The van der Waals surface area contributed by atoms with Crippen molar-refractivity contribution in [3.8, 4) is 0 Å². The second kappa shape index (κ2) is 6.16. The lowest BCUT2D eigenvalue weighted by Crippen LogP contribution is -2.24. The van der Waals surface area contributed by atoms with Crippen LogP contribution in [0.3, 0.4) is 0 Å². The fraction of sp³-hybridized carbons (Fsp3) is 0.875. The van der Waals surface area contributed by atoms with Crippen LogP contribution in [0.2, 0.25) is 0 Å². The fourth-order valence-electron chi connectivity index (χ4n) is 0.753. The summed E-state index contributed by atoms with van der Waals surface area (Å²) in [5.41, 5.74) is 0. The normalized spacial score (nSPS) is 9.73. The maximum atomic E-state index is 10.7. The van der Waals surface area contributed by atoms with Crippen LogP contribution in [0.15, 0.2) is 0 Å². The van der Waals surface area contributed by atoms with Gasteiger partial charge in [0.05, 0.1) is 0 Å². The molecular formula is C8H17NO2. The lowest BCUT2D eigenvalue weighted by atomic mass is 10.3. The van der Waals surface area contributed by atoms with Gasteiger partial charge in [0.25, 0.3) is 0 Å². The van der Waals surface area contributed by atoms with Gasteiger partial charge in [-0.25, -0.2) is 0 Å². The molecule has 0 unspecified atom stereocenters. The smallest absolute Gasteiger partial charge is 0.219 e. The molecule has 0 aliphatic rings. The van der Waals surface area contributed by atoms with Crippen LogP contribution in [0.5, 0.6) is 0 Å². The van der Waals surface area contributed by atoms with Crippen LogP contribution >= 0.6 is 0 Å². The Balaban J connectivity index is 3.17. The van der Waals surface area contributed by atoms with Gasteiger partial charge in [0.2, 0.25) is 5.91 Å². The van der Waals surface area contributed by atoms with Crippen LogP contribution in [0.1, 0.15) is 19.8 Å². The van der Waals surface area contributed by atoms with Gasteiger partial charge in [-0.2, -0.15) is 0 Å². The molecule has 0 heterocycles. The molecule has 0 aromatic heterocycles. The molecule has 0 bridgehead atoms. The molecule has 1 amide bonds.